The number of aromatic nitrogens is 2. The third kappa shape index (κ3) is 4.99. The minimum atomic E-state index is -1.02. The van der Waals surface area contributed by atoms with Crippen LogP contribution < -0.4 is 0 Å². The standard InChI is InChI=1S/C8H7FO2.C4H4N2O2/c9-7-4-2-1-3-6(7)5-8(10)11;7-4(8)3-1-5-6-2-3/h1-4H,5H2,(H,10,11);1-2H,(H,5,6)(H,7,8). The third-order valence-electron chi connectivity index (χ3n) is 2.04. The van der Waals surface area contributed by atoms with E-state index >= 15 is 0 Å². The third-order valence-corrected chi connectivity index (χ3v) is 2.04. The number of carboxylic acids is 2. The summed E-state index contributed by atoms with van der Waals surface area (Å²) in [5.41, 5.74) is 0.407. The van der Waals surface area contributed by atoms with E-state index in [0.717, 1.165) is 0 Å². The van der Waals surface area contributed by atoms with Gasteiger partial charge in [-0.05, 0) is 11.6 Å². The first-order valence-electron chi connectivity index (χ1n) is 5.18. The van der Waals surface area contributed by atoms with Gasteiger partial charge < -0.3 is 10.2 Å². The molecular weight excluding hydrogens is 255 g/mol. The highest BCUT2D eigenvalue weighted by molar-refractivity contribution is 5.86. The van der Waals surface area contributed by atoms with Crippen molar-refractivity contribution in [2.24, 2.45) is 0 Å². The molecule has 0 aliphatic carbocycles. The van der Waals surface area contributed by atoms with Crippen LogP contribution in [0.4, 0.5) is 4.39 Å². The Bertz CT molecular complexity index is 555. The summed E-state index contributed by atoms with van der Waals surface area (Å²) in [6, 6.07) is 5.85. The van der Waals surface area contributed by atoms with Gasteiger partial charge in [0, 0.05) is 6.20 Å². The van der Waals surface area contributed by atoms with E-state index in [1.165, 1.54) is 30.6 Å². The predicted octanol–water partition coefficient (Wildman–Crippen LogP) is 1.56. The second-order valence-electron chi connectivity index (χ2n) is 3.45. The highest BCUT2D eigenvalue weighted by Gasteiger charge is 2.04. The van der Waals surface area contributed by atoms with Gasteiger partial charge in [-0.2, -0.15) is 5.10 Å². The van der Waals surface area contributed by atoms with E-state index in [9.17, 15) is 14.0 Å². The van der Waals surface area contributed by atoms with E-state index < -0.39 is 17.8 Å². The zero-order valence-corrected chi connectivity index (χ0v) is 9.71. The summed E-state index contributed by atoms with van der Waals surface area (Å²) in [6.07, 6.45) is 2.32. The van der Waals surface area contributed by atoms with Gasteiger partial charge in [0.05, 0.1) is 18.2 Å². The van der Waals surface area contributed by atoms with Gasteiger partial charge in [-0.15, -0.1) is 0 Å². The van der Waals surface area contributed by atoms with Crippen molar-refractivity contribution >= 4 is 11.9 Å². The Morgan fingerprint density at radius 1 is 1.26 bits per heavy atom. The van der Waals surface area contributed by atoms with E-state index in [1.807, 2.05) is 0 Å². The average molecular weight is 266 g/mol. The molecule has 0 fully saturated rings. The van der Waals surface area contributed by atoms with Gasteiger partial charge in [0.2, 0.25) is 0 Å². The quantitative estimate of drug-likeness (QED) is 0.782. The molecule has 0 atom stereocenters. The summed E-state index contributed by atoms with van der Waals surface area (Å²) in [7, 11) is 0. The van der Waals surface area contributed by atoms with Gasteiger partial charge in [-0.3, -0.25) is 9.89 Å². The minimum absolute atomic E-state index is 0.185. The highest BCUT2D eigenvalue weighted by atomic mass is 19.1. The fourth-order valence-corrected chi connectivity index (χ4v) is 1.17. The number of benzene rings is 1. The molecule has 0 aliphatic rings. The number of aromatic carboxylic acids is 1. The van der Waals surface area contributed by atoms with Gasteiger partial charge in [0.1, 0.15) is 5.82 Å². The summed E-state index contributed by atoms with van der Waals surface area (Å²) in [4.78, 5) is 20.2. The Labute approximate surface area is 107 Å². The molecule has 19 heavy (non-hydrogen) atoms. The van der Waals surface area contributed by atoms with E-state index in [-0.39, 0.29) is 17.5 Å². The number of aliphatic carboxylic acids is 1. The maximum Gasteiger partial charge on any atom is 0.338 e. The number of carboxylic acid groups (broad SMARTS) is 2. The highest BCUT2D eigenvalue weighted by Crippen LogP contribution is 2.06. The lowest BCUT2D eigenvalue weighted by molar-refractivity contribution is -0.136. The molecular formula is C12H11FN2O4. The Morgan fingerprint density at radius 2 is 1.95 bits per heavy atom. The molecule has 2 aromatic rings. The molecule has 0 radical (unpaired) electrons. The number of halogens is 1. The molecule has 7 heteroatoms. The molecule has 0 bridgehead atoms. The van der Waals surface area contributed by atoms with Crippen LogP contribution in [0.25, 0.3) is 0 Å². The predicted molar refractivity (Wildman–Crippen MR) is 63.3 cm³/mol. The van der Waals surface area contributed by atoms with Crippen LogP contribution in [0.1, 0.15) is 15.9 Å². The SMILES string of the molecule is O=C(O)Cc1ccccc1F.O=C(O)c1cn[nH]c1. The summed E-state index contributed by atoms with van der Waals surface area (Å²) >= 11 is 0. The zero-order chi connectivity index (χ0) is 14.3. The molecule has 0 aliphatic heterocycles. The van der Waals surface area contributed by atoms with E-state index in [4.69, 9.17) is 10.2 Å². The maximum absolute atomic E-state index is 12.7. The molecule has 0 amide bonds. The van der Waals surface area contributed by atoms with Crippen molar-refractivity contribution in [1.82, 2.24) is 10.2 Å². The number of H-pyrrole nitrogens is 1. The first-order valence-corrected chi connectivity index (χ1v) is 5.18. The Morgan fingerprint density at radius 3 is 2.37 bits per heavy atom. The molecule has 3 N–H and O–H groups in total. The molecule has 0 spiro atoms. The molecule has 1 aromatic carbocycles. The van der Waals surface area contributed by atoms with Crippen molar-refractivity contribution in [3.63, 3.8) is 0 Å². The van der Waals surface area contributed by atoms with Crippen LogP contribution in [0, 0.1) is 5.82 Å². The molecule has 100 valence electrons. The number of carbonyl (C=O) groups is 2. The number of hydrogen-bond acceptors (Lipinski definition) is 3. The first kappa shape index (κ1) is 14.4. The van der Waals surface area contributed by atoms with Crippen molar-refractivity contribution in [1.29, 1.82) is 0 Å². The van der Waals surface area contributed by atoms with Crippen molar-refractivity contribution < 1.29 is 24.2 Å². The number of nitrogens with zero attached hydrogens (tertiary/aromatic N) is 1. The first-order chi connectivity index (χ1) is 9.00. The minimum Gasteiger partial charge on any atom is -0.481 e. The molecule has 1 aromatic heterocycles. The Balaban J connectivity index is 0.000000200. The zero-order valence-electron chi connectivity index (χ0n) is 9.71. The second kappa shape index (κ2) is 6.90. The van der Waals surface area contributed by atoms with Gasteiger partial charge in [0.15, 0.2) is 0 Å². The summed E-state index contributed by atoms with van der Waals surface area (Å²) < 4.78 is 12.7. The van der Waals surface area contributed by atoms with Crippen molar-refractivity contribution in [2.75, 3.05) is 0 Å². The fraction of sp³-hybridized carbons (Fsp3) is 0.0833. The summed E-state index contributed by atoms with van der Waals surface area (Å²) in [5, 5.41) is 22.4. The van der Waals surface area contributed by atoms with Crippen LogP contribution in [0.2, 0.25) is 0 Å². The number of aromatic amines is 1. The average Bonchev–Trinajstić information content (AvgIpc) is 2.86. The Kier molecular flexibility index (Phi) is 5.21. The molecule has 0 saturated heterocycles. The monoisotopic (exact) mass is 266 g/mol. The van der Waals surface area contributed by atoms with Gasteiger partial charge in [0.25, 0.3) is 0 Å². The summed E-state index contributed by atoms with van der Waals surface area (Å²) in [6.45, 7) is 0. The van der Waals surface area contributed by atoms with Crippen molar-refractivity contribution in [2.45, 2.75) is 6.42 Å². The number of hydrogen-bond donors (Lipinski definition) is 3. The molecule has 2 rings (SSSR count). The molecule has 1 heterocycles. The smallest absolute Gasteiger partial charge is 0.338 e. The molecule has 0 unspecified atom stereocenters. The Hall–Kier alpha value is -2.70. The lowest BCUT2D eigenvalue weighted by atomic mass is 10.1. The van der Waals surface area contributed by atoms with Crippen LogP contribution >= 0.6 is 0 Å². The van der Waals surface area contributed by atoms with Crippen molar-refractivity contribution in [3.05, 3.63) is 53.6 Å². The normalized spacial score (nSPS) is 9.32. The van der Waals surface area contributed by atoms with Crippen LogP contribution in [0.3, 0.4) is 0 Å². The largest absolute Gasteiger partial charge is 0.481 e. The van der Waals surface area contributed by atoms with E-state index in [1.54, 1.807) is 6.07 Å². The van der Waals surface area contributed by atoms with Gasteiger partial charge in [-0.25, -0.2) is 9.18 Å². The summed E-state index contributed by atoms with van der Waals surface area (Å²) in [5.74, 6) is -2.44. The van der Waals surface area contributed by atoms with Gasteiger partial charge >= 0.3 is 11.9 Å². The molecule has 0 saturated carbocycles. The van der Waals surface area contributed by atoms with Gasteiger partial charge in [-0.1, -0.05) is 18.2 Å². The van der Waals surface area contributed by atoms with Crippen molar-refractivity contribution in [3.8, 4) is 0 Å². The topological polar surface area (TPSA) is 103 Å². The van der Waals surface area contributed by atoms with E-state index in [2.05, 4.69) is 10.2 Å². The lowest BCUT2D eigenvalue weighted by Gasteiger charge is -1.96. The lowest BCUT2D eigenvalue weighted by Crippen LogP contribution is -2.01. The number of nitrogens with one attached hydrogen (secondary N) is 1. The van der Waals surface area contributed by atoms with Crippen LogP contribution in [-0.4, -0.2) is 32.3 Å². The van der Waals surface area contributed by atoms with Crippen LogP contribution in [0.5, 0.6) is 0 Å². The molecule has 6 nitrogen and oxygen atoms in total. The van der Waals surface area contributed by atoms with Crippen LogP contribution in [-0.2, 0) is 11.2 Å². The fourth-order valence-electron chi connectivity index (χ4n) is 1.17. The van der Waals surface area contributed by atoms with Crippen LogP contribution in [0.15, 0.2) is 36.7 Å². The van der Waals surface area contributed by atoms with E-state index in [0.29, 0.717) is 0 Å². The number of rotatable bonds is 3. The second-order valence-corrected chi connectivity index (χ2v) is 3.45. The maximum atomic E-state index is 12.7.